The van der Waals surface area contributed by atoms with Crippen LogP contribution in [0.15, 0.2) is 0 Å². The van der Waals surface area contributed by atoms with Crippen LogP contribution in [0.25, 0.3) is 0 Å². The van der Waals surface area contributed by atoms with Crippen molar-refractivity contribution in [3.63, 3.8) is 0 Å². The summed E-state index contributed by atoms with van der Waals surface area (Å²) in [4.78, 5) is 0. The monoisotopic (exact) mass is 593 g/mol. The zero-order valence-corrected chi connectivity index (χ0v) is 31.5. The summed E-state index contributed by atoms with van der Waals surface area (Å²) in [5.41, 5.74) is 0.0489. The van der Waals surface area contributed by atoms with Gasteiger partial charge in [-0.25, -0.2) is 0 Å². The Balaban J connectivity index is 3.67. The van der Waals surface area contributed by atoms with Gasteiger partial charge in [-0.2, -0.15) is 0 Å². The molecular formula is C41H84O. The molecule has 254 valence electrons. The molecule has 0 saturated carbocycles. The van der Waals surface area contributed by atoms with Crippen molar-refractivity contribution in [3.05, 3.63) is 0 Å². The normalized spacial score (nSPS) is 16.9. The Morgan fingerprint density at radius 3 is 0.857 bits per heavy atom. The highest BCUT2D eigenvalue weighted by Gasteiger charge is 2.16. The van der Waals surface area contributed by atoms with Gasteiger partial charge in [0.2, 0.25) is 0 Å². The molecule has 6 atom stereocenters. The van der Waals surface area contributed by atoms with Crippen molar-refractivity contribution in [1.82, 2.24) is 0 Å². The number of ether oxygens (including phenoxy) is 1. The molecule has 0 spiro atoms. The maximum Gasteiger partial charge on any atom is 0.0622 e. The zero-order valence-electron chi connectivity index (χ0n) is 31.5. The van der Waals surface area contributed by atoms with E-state index in [0.29, 0.717) is 0 Å². The van der Waals surface area contributed by atoms with Crippen molar-refractivity contribution in [3.8, 4) is 0 Å². The Morgan fingerprint density at radius 2 is 0.595 bits per heavy atom. The fourth-order valence-electron chi connectivity index (χ4n) is 6.96. The molecule has 0 bridgehead atoms. The second-order valence-corrected chi connectivity index (χ2v) is 16.8. The molecule has 42 heavy (non-hydrogen) atoms. The number of hydrogen-bond donors (Lipinski definition) is 0. The van der Waals surface area contributed by atoms with Gasteiger partial charge in [0, 0.05) is 7.11 Å². The number of methoxy groups -OCH3 is 1. The van der Waals surface area contributed by atoms with Crippen LogP contribution in [-0.4, -0.2) is 12.7 Å². The second kappa shape index (κ2) is 26.2. The fraction of sp³-hybridized carbons (Fsp3) is 1.00. The van der Waals surface area contributed by atoms with E-state index in [4.69, 9.17) is 4.74 Å². The zero-order chi connectivity index (χ0) is 31.8. The number of hydrogen-bond acceptors (Lipinski definition) is 1. The maximum absolute atomic E-state index is 5.57. The summed E-state index contributed by atoms with van der Waals surface area (Å²) in [6, 6.07) is 0. The molecule has 0 amide bonds. The highest BCUT2D eigenvalue weighted by Crippen LogP contribution is 2.26. The first-order valence-electron chi connectivity index (χ1n) is 19.4. The molecule has 0 radical (unpaired) electrons. The van der Waals surface area contributed by atoms with Crippen molar-refractivity contribution < 1.29 is 4.74 Å². The van der Waals surface area contributed by atoms with E-state index in [1.54, 1.807) is 0 Å². The van der Waals surface area contributed by atoms with Crippen LogP contribution >= 0.6 is 0 Å². The Labute approximate surface area is 268 Å². The summed E-state index contributed by atoms with van der Waals surface area (Å²) in [5.74, 6) is 6.35. The predicted molar refractivity (Wildman–Crippen MR) is 192 cm³/mol. The minimum Gasteiger partial charge on any atom is -0.379 e. The van der Waals surface area contributed by atoms with Crippen LogP contribution in [0.5, 0.6) is 0 Å². The average Bonchev–Trinajstić information content (AvgIpc) is 2.91. The standard InChI is InChI=1S/C41H84O/c1-34(2)20-14-23-37(5)26-17-29-38(6)27-15-24-35(3)21-12-13-22-36(4)25-16-28-39(7)30-18-31-40(8)32-19-33-41(9,10)42-11/h34-40H,12-33H2,1-11H3. The average molecular weight is 593 g/mol. The van der Waals surface area contributed by atoms with Crippen LogP contribution in [0, 0.1) is 41.4 Å². The maximum atomic E-state index is 5.57. The molecule has 0 aliphatic heterocycles. The van der Waals surface area contributed by atoms with Gasteiger partial charge in [0.1, 0.15) is 0 Å². The smallest absolute Gasteiger partial charge is 0.0622 e. The molecule has 0 aliphatic rings. The van der Waals surface area contributed by atoms with E-state index in [2.05, 4.69) is 69.2 Å². The fourth-order valence-corrected chi connectivity index (χ4v) is 6.96. The predicted octanol–water partition coefficient (Wildman–Crippen LogP) is 14.5. The van der Waals surface area contributed by atoms with Crippen molar-refractivity contribution in [2.45, 2.75) is 216 Å². The van der Waals surface area contributed by atoms with Gasteiger partial charge >= 0.3 is 0 Å². The summed E-state index contributed by atoms with van der Waals surface area (Å²) >= 11 is 0. The first kappa shape index (κ1) is 42.0. The molecule has 0 aromatic rings. The van der Waals surface area contributed by atoms with E-state index in [1.807, 2.05) is 7.11 Å². The van der Waals surface area contributed by atoms with Crippen molar-refractivity contribution in [2.24, 2.45) is 41.4 Å². The topological polar surface area (TPSA) is 9.23 Å². The third-order valence-electron chi connectivity index (χ3n) is 10.7. The lowest BCUT2D eigenvalue weighted by Crippen LogP contribution is -2.22. The van der Waals surface area contributed by atoms with Crippen LogP contribution in [0.1, 0.15) is 210 Å². The summed E-state index contributed by atoms with van der Waals surface area (Å²) in [6.45, 7) is 24.1. The van der Waals surface area contributed by atoms with Gasteiger partial charge in [-0.15, -0.1) is 0 Å². The van der Waals surface area contributed by atoms with E-state index >= 15 is 0 Å². The van der Waals surface area contributed by atoms with Gasteiger partial charge in [-0.05, 0) is 61.7 Å². The van der Waals surface area contributed by atoms with Crippen molar-refractivity contribution in [2.75, 3.05) is 7.11 Å². The third-order valence-corrected chi connectivity index (χ3v) is 10.7. The van der Waals surface area contributed by atoms with Gasteiger partial charge in [0.15, 0.2) is 0 Å². The van der Waals surface area contributed by atoms with Gasteiger partial charge in [-0.1, -0.05) is 190 Å². The van der Waals surface area contributed by atoms with Crippen molar-refractivity contribution >= 4 is 0 Å². The van der Waals surface area contributed by atoms with Crippen LogP contribution in [0.3, 0.4) is 0 Å². The highest BCUT2D eigenvalue weighted by molar-refractivity contribution is 4.69. The van der Waals surface area contributed by atoms with Gasteiger partial charge < -0.3 is 4.74 Å². The van der Waals surface area contributed by atoms with E-state index in [0.717, 1.165) is 41.4 Å². The second-order valence-electron chi connectivity index (χ2n) is 16.8. The lowest BCUT2D eigenvalue weighted by Gasteiger charge is -2.23. The molecule has 0 aromatic carbocycles. The van der Waals surface area contributed by atoms with E-state index < -0.39 is 0 Å². The van der Waals surface area contributed by atoms with Crippen LogP contribution < -0.4 is 0 Å². The van der Waals surface area contributed by atoms with Crippen LogP contribution in [0.4, 0.5) is 0 Å². The highest BCUT2D eigenvalue weighted by atomic mass is 16.5. The lowest BCUT2D eigenvalue weighted by molar-refractivity contribution is 0.0127. The quantitative estimate of drug-likeness (QED) is 0.0754. The molecule has 0 heterocycles. The largest absolute Gasteiger partial charge is 0.379 e. The Kier molecular flexibility index (Phi) is 26.2. The Morgan fingerprint density at radius 1 is 0.357 bits per heavy atom. The molecule has 0 N–H and O–H groups in total. The van der Waals surface area contributed by atoms with Crippen LogP contribution in [-0.2, 0) is 4.74 Å². The summed E-state index contributed by atoms with van der Waals surface area (Å²) in [7, 11) is 1.84. The van der Waals surface area contributed by atoms with Crippen molar-refractivity contribution in [1.29, 1.82) is 0 Å². The first-order chi connectivity index (χ1) is 19.8. The SMILES string of the molecule is COC(C)(C)CCCC(C)CCCC(C)CCCC(C)CCCCC(C)CCCC(C)CCCC(C)CCCC(C)C. The Bertz CT molecular complexity index is 565. The van der Waals surface area contributed by atoms with E-state index in [9.17, 15) is 0 Å². The molecule has 1 heteroatoms. The molecule has 0 saturated heterocycles. The van der Waals surface area contributed by atoms with E-state index in [1.165, 1.54) is 141 Å². The number of unbranched alkanes of at least 4 members (excludes halogenated alkanes) is 1. The molecule has 1 nitrogen and oxygen atoms in total. The third kappa shape index (κ3) is 27.5. The Hall–Kier alpha value is -0.0400. The van der Waals surface area contributed by atoms with Gasteiger partial charge in [0.05, 0.1) is 5.60 Å². The van der Waals surface area contributed by atoms with Gasteiger partial charge in [-0.3, -0.25) is 0 Å². The minimum absolute atomic E-state index is 0.0489. The molecule has 0 aliphatic carbocycles. The van der Waals surface area contributed by atoms with E-state index in [-0.39, 0.29) is 5.60 Å². The minimum atomic E-state index is 0.0489. The summed E-state index contributed by atoms with van der Waals surface area (Å²) in [5, 5.41) is 0. The lowest BCUT2D eigenvalue weighted by atomic mass is 9.89. The number of rotatable bonds is 30. The van der Waals surface area contributed by atoms with Gasteiger partial charge in [0.25, 0.3) is 0 Å². The molecule has 0 aromatic heterocycles. The summed E-state index contributed by atoms with van der Waals surface area (Å²) in [6.07, 6.45) is 31.2. The molecule has 0 rings (SSSR count). The first-order valence-corrected chi connectivity index (χ1v) is 19.4. The molecule has 6 unspecified atom stereocenters. The molecular weight excluding hydrogens is 508 g/mol. The summed E-state index contributed by atoms with van der Waals surface area (Å²) < 4.78 is 5.57. The van der Waals surface area contributed by atoms with Crippen LogP contribution in [0.2, 0.25) is 0 Å². The molecule has 0 fully saturated rings.